The molecule has 1 rings (SSSR count). The second-order valence-electron chi connectivity index (χ2n) is 2.69. The molecule has 1 aromatic rings. The molecule has 0 spiro atoms. The number of para-hydroxylation sites is 1. The maximum absolute atomic E-state index is 9.45. The van der Waals surface area contributed by atoms with Crippen LogP contribution in [0.15, 0.2) is 24.3 Å². The first-order valence-corrected chi connectivity index (χ1v) is 4.03. The smallest absolute Gasteiger partial charge is 0.120 e. The molecule has 0 aromatic heterocycles. The van der Waals surface area contributed by atoms with Gasteiger partial charge in [-0.05, 0) is 12.5 Å². The van der Waals surface area contributed by atoms with E-state index in [1.807, 2.05) is 19.1 Å². The Morgan fingerprint density at radius 2 is 2.17 bits per heavy atom. The van der Waals surface area contributed by atoms with Crippen molar-refractivity contribution >= 4 is 0 Å². The topological polar surface area (TPSA) is 20.2 Å². The standard InChI is InChI=1S/C11H12O/c1-3-9(4-2)10-7-5-6-8-11(10)12/h1,5-9,12H,4H2,2H3. The van der Waals surface area contributed by atoms with E-state index in [2.05, 4.69) is 5.92 Å². The average Bonchev–Trinajstić information content (AvgIpc) is 2.10. The van der Waals surface area contributed by atoms with E-state index in [0.29, 0.717) is 5.75 Å². The highest BCUT2D eigenvalue weighted by atomic mass is 16.3. The Kier molecular flexibility index (Phi) is 2.76. The maximum Gasteiger partial charge on any atom is 0.120 e. The second-order valence-corrected chi connectivity index (χ2v) is 2.69. The maximum atomic E-state index is 9.45. The van der Waals surface area contributed by atoms with Crippen molar-refractivity contribution < 1.29 is 5.11 Å². The zero-order valence-corrected chi connectivity index (χ0v) is 7.12. The van der Waals surface area contributed by atoms with Crippen molar-refractivity contribution in [3.63, 3.8) is 0 Å². The molecule has 1 N–H and O–H groups in total. The Bertz CT molecular complexity index is 296. The first-order chi connectivity index (χ1) is 5.79. The molecule has 0 heterocycles. The molecule has 0 bridgehead atoms. The second kappa shape index (κ2) is 3.82. The zero-order chi connectivity index (χ0) is 8.97. The number of phenols is 1. The lowest BCUT2D eigenvalue weighted by Crippen LogP contribution is -1.93. The third kappa shape index (κ3) is 1.60. The van der Waals surface area contributed by atoms with E-state index in [-0.39, 0.29) is 5.92 Å². The van der Waals surface area contributed by atoms with Crippen LogP contribution in [-0.4, -0.2) is 5.11 Å². The normalized spacial score (nSPS) is 12.0. The van der Waals surface area contributed by atoms with Crippen LogP contribution in [0.3, 0.4) is 0 Å². The Balaban J connectivity index is 3.02. The Morgan fingerprint density at radius 3 is 2.67 bits per heavy atom. The number of hydrogen-bond donors (Lipinski definition) is 1. The quantitative estimate of drug-likeness (QED) is 0.659. The molecule has 0 aliphatic heterocycles. The zero-order valence-electron chi connectivity index (χ0n) is 7.12. The van der Waals surface area contributed by atoms with Crippen molar-refractivity contribution in [2.75, 3.05) is 0 Å². The molecule has 1 heteroatoms. The van der Waals surface area contributed by atoms with E-state index >= 15 is 0 Å². The van der Waals surface area contributed by atoms with Crippen LogP contribution in [0.2, 0.25) is 0 Å². The number of aromatic hydroxyl groups is 1. The molecule has 0 amide bonds. The van der Waals surface area contributed by atoms with E-state index < -0.39 is 0 Å². The number of phenolic OH excluding ortho intramolecular Hbond substituents is 1. The van der Waals surface area contributed by atoms with Crippen molar-refractivity contribution in [1.29, 1.82) is 0 Å². The molecule has 1 atom stereocenters. The van der Waals surface area contributed by atoms with Gasteiger partial charge in [0.2, 0.25) is 0 Å². The average molecular weight is 160 g/mol. The molecular formula is C11H12O. The third-order valence-corrected chi connectivity index (χ3v) is 1.92. The van der Waals surface area contributed by atoms with Crippen molar-refractivity contribution in [3.05, 3.63) is 29.8 Å². The van der Waals surface area contributed by atoms with Crippen molar-refractivity contribution in [2.45, 2.75) is 19.3 Å². The molecular weight excluding hydrogens is 148 g/mol. The van der Waals surface area contributed by atoms with Gasteiger partial charge in [-0.25, -0.2) is 0 Å². The SMILES string of the molecule is C#CC(CC)c1ccccc1O. The summed E-state index contributed by atoms with van der Waals surface area (Å²) >= 11 is 0. The fourth-order valence-corrected chi connectivity index (χ4v) is 1.21. The summed E-state index contributed by atoms with van der Waals surface area (Å²) in [5.74, 6) is 2.98. The number of benzene rings is 1. The summed E-state index contributed by atoms with van der Waals surface area (Å²) in [7, 11) is 0. The summed E-state index contributed by atoms with van der Waals surface area (Å²) in [6.07, 6.45) is 6.18. The minimum absolute atomic E-state index is 0.0335. The molecule has 1 unspecified atom stereocenters. The van der Waals surface area contributed by atoms with Crippen LogP contribution in [0.25, 0.3) is 0 Å². The van der Waals surface area contributed by atoms with Gasteiger partial charge in [-0.3, -0.25) is 0 Å². The van der Waals surface area contributed by atoms with E-state index in [4.69, 9.17) is 6.42 Å². The van der Waals surface area contributed by atoms with Gasteiger partial charge in [0.05, 0.1) is 0 Å². The monoisotopic (exact) mass is 160 g/mol. The van der Waals surface area contributed by atoms with Crippen LogP contribution in [-0.2, 0) is 0 Å². The molecule has 0 saturated carbocycles. The Labute approximate surface area is 73.0 Å². The van der Waals surface area contributed by atoms with Gasteiger partial charge in [-0.15, -0.1) is 6.42 Å². The minimum atomic E-state index is 0.0335. The molecule has 1 aromatic carbocycles. The van der Waals surface area contributed by atoms with E-state index in [9.17, 15) is 5.11 Å². The summed E-state index contributed by atoms with van der Waals surface area (Å²) < 4.78 is 0. The number of hydrogen-bond acceptors (Lipinski definition) is 1. The van der Waals surface area contributed by atoms with E-state index in [1.54, 1.807) is 12.1 Å². The summed E-state index contributed by atoms with van der Waals surface area (Å²) in [6, 6.07) is 7.20. The van der Waals surface area contributed by atoms with Gasteiger partial charge in [0.1, 0.15) is 5.75 Å². The third-order valence-electron chi connectivity index (χ3n) is 1.92. The molecule has 0 fully saturated rings. The highest BCUT2D eigenvalue weighted by Crippen LogP contribution is 2.26. The van der Waals surface area contributed by atoms with Crippen LogP contribution in [0.4, 0.5) is 0 Å². The van der Waals surface area contributed by atoms with Gasteiger partial charge >= 0.3 is 0 Å². The van der Waals surface area contributed by atoms with Crippen LogP contribution in [0.1, 0.15) is 24.8 Å². The minimum Gasteiger partial charge on any atom is -0.508 e. The van der Waals surface area contributed by atoms with Crippen molar-refractivity contribution in [2.24, 2.45) is 0 Å². The molecule has 62 valence electrons. The largest absolute Gasteiger partial charge is 0.508 e. The Morgan fingerprint density at radius 1 is 1.50 bits per heavy atom. The van der Waals surface area contributed by atoms with Gasteiger partial charge < -0.3 is 5.11 Å². The molecule has 12 heavy (non-hydrogen) atoms. The van der Waals surface area contributed by atoms with Crippen molar-refractivity contribution in [3.8, 4) is 18.1 Å². The summed E-state index contributed by atoms with van der Waals surface area (Å²) in [6.45, 7) is 2.01. The molecule has 1 nitrogen and oxygen atoms in total. The fourth-order valence-electron chi connectivity index (χ4n) is 1.21. The first-order valence-electron chi connectivity index (χ1n) is 4.03. The van der Waals surface area contributed by atoms with Crippen LogP contribution in [0, 0.1) is 12.3 Å². The molecule has 0 saturated heterocycles. The van der Waals surface area contributed by atoms with Crippen LogP contribution < -0.4 is 0 Å². The van der Waals surface area contributed by atoms with Crippen LogP contribution in [0.5, 0.6) is 5.75 Å². The number of terminal acetylenes is 1. The molecule has 0 aliphatic rings. The van der Waals surface area contributed by atoms with Gasteiger partial charge in [0, 0.05) is 11.5 Å². The van der Waals surface area contributed by atoms with Gasteiger partial charge in [0.25, 0.3) is 0 Å². The summed E-state index contributed by atoms with van der Waals surface area (Å²) in [4.78, 5) is 0. The highest BCUT2D eigenvalue weighted by molar-refractivity contribution is 5.38. The predicted octanol–water partition coefficient (Wildman–Crippen LogP) is 2.52. The Hall–Kier alpha value is -1.42. The van der Waals surface area contributed by atoms with Gasteiger partial charge in [-0.1, -0.05) is 31.0 Å². The van der Waals surface area contributed by atoms with Crippen LogP contribution >= 0.6 is 0 Å². The predicted molar refractivity (Wildman–Crippen MR) is 50.0 cm³/mol. The molecule has 0 aliphatic carbocycles. The van der Waals surface area contributed by atoms with Gasteiger partial charge in [0.15, 0.2) is 0 Å². The van der Waals surface area contributed by atoms with Crippen molar-refractivity contribution in [1.82, 2.24) is 0 Å². The highest BCUT2D eigenvalue weighted by Gasteiger charge is 2.08. The first kappa shape index (κ1) is 8.67. The fraction of sp³-hybridized carbons (Fsp3) is 0.273. The lowest BCUT2D eigenvalue weighted by Gasteiger charge is -2.09. The van der Waals surface area contributed by atoms with E-state index in [1.165, 1.54) is 0 Å². The number of rotatable bonds is 2. The lowest BCUT2D eigenvalue weighted by atomic mass is 9.97. The van der Waals surface area contributed by atoms with E-state index in [0.717, 1.165) is 12.0 Å². The summed E-state index contributed by atoms with van der Waals surface area (Å²) in [5.41, 5.74) is 0.850. The summed E-state index contributed by atoms with van der Waals surface area (Å²) in [5, 5.41) is 9.45. The van der Waals surface area contributed by atoms with Gasteiger partial charge in [-0.2, -0.15) is 0 Å². The molecule has 0 radical (unpaired) electrons. The lowest BCUT2D eigenvalue weighted by molar-refractivity contribution is 0.465.